The Labute approximate surface area is 73.8 Å². The molecule has 66 valence electrons. The third kappa shape index (κ3) is 1.11. The van der Waals surface area contributed by atoms with Crippen molar-refractivity contribution in [2.45, 2.75) is 6.92 Å². The maximum atomic E-state index is 13.2. The lowest BCUT2D eigenvalue weighted by Crippen LogP contribution is -2.03. The number of Topliss-reactive ketones (excluding diaryl/α,β-unsaturated/α-hetero) is 1. The Morgan fingerprint density at radius 2 is 2.31 bits per heavy atom. The monoisotopic (exact) mass is 178 g/mol. The van der Waals surface area contributed by atoms with E-state index in [9.17, 15) is 9.18 Å². The fourth-order valence-corrected chi connectivity index (χ4v) is 1.26. The molecule has 4 heteroatoms. The summed E-state index contributed by atoms with van der Waals surface area (Å²) >= 11 is 0. The van der Waals surface area contributed by atoms with Crippen molar-refractivity contribution in [3.05, 3.63) is 36.2 Å². The Morgan fingerprint density at radius 3 is 3.00 bits per heavy atom. The molecule has 0 spiro atoms. The summed E-state index contributed by atoms with van der Waals surface area (Å²) in [6.07, 6.45) is 1.47. The predicted octanol–water partition coefficient (Wildman–Crippen LogP) is 1.68. The zero-order chi connectivity index (χ0) is 9.42. The normalized spacial score (nSPS) is 10.6. The number of hydrogen-bond donors (Lipinski definition) is 0. The van der Waals surface area contributed by atoms with E-state index in [1.165, 1.54) is 23.6 Å². The van der Waals surface area contributed by atoms with Crippen molar-refractivity contribution in [3.63, 3.8) is 0 Å². The van der Waals surface area contributed by atoms with Gasteiger partial charge in [0.05, 0.1) is 11.7 Å². The summed E-state index contributed by atoms with van der Waals surface area (Å²) in [5, 5.41) is 0. The molecule has 0 aromatic carbocycles. The molecule has 0 N–H and O–H groups in total. The molecule has 0 amide bonds. The van der Waals surface area contributed by atoms with Crippen LogP contribution in [0.25, 0.3) is 5.52 Å². The van der Waals surface area contributed by atoms with Gasteiger partial charge in [-0.25, -0.2) is 4.98 Å². The van der Waals surface area contributed by atoms with Crippen LogP contribution in [0.5, 0.6) is 0 Å². The van der Waals surface area contributed by atoms with Gasteiger partial charge in [-0.05, 0) is 12.1 Å². The second kappa shape index (κ2) is 2.65. The van der Waals surface area contributed by atoms with E-state index < -0.39 is 5.95 Å². The largest absolute Gasteiger partial charge is 0.291 e. The first-order chi connectivity index (χ1) is 6.20. The maximum Gasteiger partial charge on any atom is 0.199 e. The van der Waals surface area contributed by atoms with Crippen LogP contribution in [0.15, 0.2) is 24.4 Å². The van der Waals surface area contributed by atoms with Crippen molar-refractivity contribution in [1.29, 1.82) is 0 Å². The van der Waals surface area contributed by atoms with Crippen molar-refractivity contribution in [1.82, 2.24) is 9.38 Å². The van der Waals surface area contributed by atoms with Gasteiger partial charge in [-0.3, -0.25) is 9.20 Å². The van der Waals surface area contributed by atoms with Gasteiger partial charge in [0, 0.05) is 6.92 Å². The van der Waals surface area contributed by atoms with Crippen molar-refractivity contribution < 1.29 is 9.18 Å². The molecule has 0 fully saturated rings. The number of imidazole rings is 1. The molecule has 2 aromatic rings. The molecule has 3 nitrogen and oxygen atoms in total. The molecule has 2 aromatic heterocycles. The van der Waals surface area contributed by atoms with Crippen LogP contribution < -0.4 is 0 Å². The molecule has 0 unspecified atom stereocenters. The molecular formula is C9H7FN2O. The van der Waals surface area contributed by atoms with Gasteiger partial charge in [-0.2, -0.15) is 4.39 Å². The predicted molar refractivity (Wildman–Crippen MR) is 45.2 cm³/mol. The number of carbonyl (C=O) groups is 1. The topological polar surface area (TPSA) is 34.4 Å². The molecule has 0 aliphatic heterocycles. The minimum absolute atomic E-state index is 0.133. The summed E-state index contributed by atoms with van der Waals surface area (Å²) in [4.78, 5) is 14.9. The van der Waals surface area contributed by atoms with Crippen LogP contribution in [-0.2, 0) is 0 Å². The van der Waals surface area contributed by atoms with E-state index in [2.05, 4.69) is 4.98 Å². The zero-order valence-corrected chi connectivity index (χ0v) is 6.99. The summed E-state index contributed by atoms with van der Waals surface area (Å²) in [5.41, 5.74) is 0.588. The quantitative estimate of drug-likeness (QED) is 0.491. The van der Waals surface area contributed by atoms with Crippen molar-refractivity contribution >= 4 is 11.3 Å². The molecular weight excluding hydrogens is 171 g/mol. The number of halogens is 1. The standard InChI is InChI=1S/C9H7FN2O/c1-6(13)9-11-5-7-3-2-4-8(10)12(7)9/h2-5H,1H3. The van der Waals surface area contributed by atoms with Crippen LogP contribution in [0.1, 0.15) is 17.5 Å². The Kier molecular flexibility index (Phi) is 1.62. The summed E-state index contributed by atoms with van der Waals surface area (Å²) < 4.78 is 14.4. The number of hydrogen-bond acceptors (Lipinski definition) is 2. The van der Waals surface area contributed by atoms with Crippen LogP contribution >= 0.6 is 0 Å². The molecule has 0 saturated carbocycles. The van der Waals surface area contributed by atoms with Gasteiger partial charge in [-0.1, -0.05) is 6.07 Å². The van der Waals surface area contributed by atoms with Crippen molar-refractivity contribution in [3.8, 4) is 0 Å². The highest BCUT2D eigenvalue weighted by molar-refractivity contribution is 5.91. The second-order valence-corrected chi connectivity index (χ2v) is 2.75. The van der Waals surface area contributed by atoms with Crippen molar-refractivity contribution in [2.24, 2.45) is 0 Å². The third-order valence-corrected chi connectivity index (χ3v) is 1.82. The van der Waals surface area contributed by atoms with E-state index >= 15 is 0 Å². The lowest BCUT2D eigenvalue weighted by molar-refractivity contribution is 0.100. The molecule has 0 radical (unpaired) electrons. The minimum Gasteiger partial charge on any atom is -0.291 e. The van der Waals surface area contributed by atoms with Gasteiger partial charge < -0.3 is 0 Å². The summed E-state index contributed by atoms with van der Waals surface area (Å²) in [6.45, 7) is 1.36. The van der Waals surface area contributed by atoms with E-state index in [-0.39, 0.29) is 11.6 Å². The molecule has 0 atom stereocenters. The van der Waals surface area contributed by atoms with Crippen LogP contribution in [0.3, 0.4) is 0 Å². The Morgan fingerprint density at radius 1 is 1.54 bits per heavy atom. The number of fused-ring (bicyclic) bond motifs is 1. The highest BCUT2D eigenvalue weighted by atomic mass is 19.1. The third-order valence-electron chi connectivity index (χ3n) is 1.82. The average Bonchev–Trinajstić information content (AvgIpc) is 2.49. The summed E-state index contributed by atoms with van der Waals surface area (Å²) in [7, 11) is 0. The highest BCUT2D eigenvalue weighted by Crippen LogP contribution is 2.09. The Bertz CT molecular complexity index is 475. The summed E-state index contributed by atoms with van der Waals surface area (Å²) in [6, 6.07) is 4.57. The Balaban J connectivity index is 2.86. The maximum absolute atomic E-state index is 13.2. The fourth-order valence-electron chi connectivity index (χ4n) is 1.26. The number of carbonyl (C=O) groups excluding carboxylic acids is 1. The molecule has 0 aliphatic rings. The molecule has 2 rings (SSSR count). The van der Waals surface area contributed by atoms with Gasteiger partial charge in [0.2, 0.25) is 0 Å². The van der Waals surface area contributed by atoms with E-state index in [1.807, 2.05) is 0 Å². The van der Waals surface area contributed by atoms with E-state index in [1.54, 1.807) is 12.1 Å². The van der Waals surface area contributed by atoms with Gasteiger partial charge in [0.15, 0.2) is 17.6 Å². The van der Waals surface area contributed by atoms with E-state index in [0.717, 1.165) is 0 Å². The van der Waals surface area contributed by atoms with Gasteiger partial charge in [0.25, 0.3) is 0 Å². The van der Waals surface area contributed by atoms with Gasteiger partial charge in [0.1, 0.15) is 0 Å². The molecule has 0 aliphatic carbocycles. The van der Waals surface area contributed by atoms with Crippen LogP contribution in [0.2, 0.25) is 0 Å². The van der Waals surface area contributed by atoms with Crippen molar-refractivity contribution in [2.75, 3.05) is 0 Å². The molecule has 0 bridgehead atoms. The SMILES string of the molecule is CC(=O)c1ncc2cccc(F)n12. The van der Waals surface area contributed by atoms with E-state index in [4.69, 9.17) is 0 Å². The fraction of sp³-hybridized carbons (Fsp3) is 0.111. The number of ketones is 1. The number of nitrogens with zero attached hydrogens (tertiary/aromatic N) is 2. The first-order valence-electron chi connectivity index (χ1n) is 3.83. The van der Waals surface area contributed by atoms with Crippen LogP contribution in [0.4, 0.5) is 4.39 Å². The number of aromatic nitrogens is 2. The molecule has 0 saturated heterocycles. The molecule has 13 heavy (non-hydrogen) atoms. The molecule has 2 heterocycles. The smallest absolute Gasteiger partial charge is 0.199 e. The summed E-state index contributed by atoms with van der Waals surface area (Å²) in [5.74, 6) is -0.585. The number of pyridine rings is 1. The first-order valence-corrected chi connectivity index (χ1v) is 3.83. The lowest BCUT2D eigenvalue weighted by atomic mass is 10.4. The van der Waals surface area contributed by atoms with Crippen LogP contribution in [0, 0.1) is 5.95 Å². The first kappa shape index (κ1) is 7.91. The Hall–Kier alpha value is -1.71. The van der Waals surface area contributed by atoms with Crippen LogP contribution in [-0.4, -0.2) is 15.2 Å². The van der Waals surface area contributed by atoms with E-state index in [0.29, 0.717) is 5.52 Å². The van der Waals surface area contributed by atoms with Gasteiger partial charge in [-0.15, -0.1) is 0 Å². The second-order valence-electron chi connectivity index (χ2n) is 2.75. The number of rotatable bonds is 1. The minimum atomic E-state index is -0.472. The van der Waals surface area contributed by atoms with Gasteiger partial charge >= 0.3 is 0 Å². The average molecular weight is 178 g/mol. The highest BCUT2D eigenvalue weighted by Gasteiger charge is 2.10. The zero-order valence-electron chi connectivity index (χ0n) is 6.99. The lowest BCUT2D eigenvalue weighted by Gasteiger charge is -1.97.